The van der Waals surface area contributed by atoms with Gasteiger partial charge in [0.1, 0.15) is 11.1 Å². The second-order valence-corrected chi connectivity index (χ2v) is 11.4. The molecule has 198 valence electrons. The van der Waals surface area contributed by atoms with E-state index in [9.17, 15) is 13.2 Å². The molecule has 0 spiro atoms. The van der Waals surface area contributed by atoms with Crippen molar-refractivity contribution in [1.82, 2.24) is 19.1 Å². The number of aryl methyl sites for hydroxylation is 3. The van der Waals surface area contributed by atoms with E-state index in [1.165, 1.54) is 12.2 Å². The normalized spacial score (nSPS) is 12.7. The second kappa shape index (κ2) is 11.4. The molecule has 0 radical (unpaired) electrons. The highest BCUT2D eigenvalue weighted by molar-refractivity contribution is 7.90. The molecule has 1 amide bonds. The number of carbonyl (C=O) groups excluding carboxylic acids is 1. The predicted molar refractivity (Wildman–Crippen MR) is 154 cm³/mol. The fourth-order valence-corrected chi connectivity index (χ4v) is 5.96. The molecule has 0 saturated heterocycles. The Hall–Kier alpha value is -3.62. The number of benzene rings is 2. The molecule has 0 aliphatic rings. The molecule has 0 bridgehead atoms. The van der Waals surface area contributed by atoms with E-state index in [0.29, 0.717) is 21.8 Å². The van der Waals surface area contributed by atoms with Crippen LogP contribution in [0.4, 0.5) is 0 Å². The van der Waals surface area contributed by atoms with Gasteiger partial charge in [0, 0.05) is 35.3 Å². The van der Waals surface area contributed by atoms with E-state index < -0.39 is 21.2 Å². The highest BCUT2D eigenvalue weighted by Crippen LogP contribution is 2.28. The monoisotopic (exact) mass is 550 g/mol. The first kappa shape index (κ1) is 27.4. The van der Waals surface area contributed by atoms with Crippen LogP contribution in [0.1, 0.15) is 47.4 Å². The van der Waals surface area contributed by atoms with Crippen LogP contribution in [-0.4, -0.2) is 28.7 Å². The topological polar surface area (TPSA) is 86.0 Å². The predicted octanol–water partition coefficient (Wildman–Crippen LogP) is 6.05. The van der Waals surface area contributed by atoms with Crippen LogP contribution in [0.15, 0.2) is 73.5 Å². The van der Waals surface area contributed by atoms with E-state index in [1.54, 1.807) is 22.9 Å². The van der Waals surface area contributed by atoms with Crippen LogP contribution in [0.3, 0.4) is 0 Å². The van der Waals surface area contributed by atoms with Crippen LogP contribution in [0, 0.1) is 6.92 Å². The summed E-state index contributed by atoms with van der Waals surface area (Å²) in [6, 6.07) is 14.9. The zero-order chi connectivity index (χ0) is 27.4. The average Bonchev–Trinajstić information content (AvgIpc) is 3.40. The lowest BCUT2D eigenvalue weighted by atomic mass is 10.0. The van der Waals surface area contributed by atoms with Crippen molar-refractivity contribution in [2.45, 2.75) is 38.4 Å². The summed E-state index contributed by atoms with van der Waals surface area (Å²) in [6.45, 7) is 7.65. The van der Waals surface area contributed by atoms with Gasteiger partial charge in [-0.3, -0.25) is 9.48 Å². The quantitative estimate of drug-likeness (QED) is 0.192. The van der Waals surface area contributed by atoms with Crippen molar-refractivity contribution in [1.29, 1.82) is 0 Å². The highest BCUT2D eigenvalue weighted by Gasteiger charge is 2.26. The molecule has 7 nitrogen and oxygen atoms in total. The zero-order valence-corrected chi connectivity index (χ0v) is 23.3. The van der Waals surface area contributed by atoms with Gasteiger partial charge in [0.25, 0.3) is 5.91 Å². The van der Waals surface area contributed by atoms with Crippen LogP contribution in [-0.2, 0) is 28.3 Å². The lowest BCUT2D eigenvalue weighted by molar-refractivity contribution is -0.114. The first-order valence-corrected chi connectivity index (χ1v) is 14.3. The second-order valence-electron chi connectivity index (χ2n) is 9.18. The molecule has 4 rings (SSSR count). The number of sulfonamides is 1. The van der Waals surface area contributed by atoms with Gasteiger partial charge in [0.2, 0.25) is 10.0 Å². The first-order valence-electron chi connectivity index (χ1n) is 12.4. The average molecular weight is 551 g/mol. The number of carbonyl (C=O) groups is 1. The van der Waals surface area contributed by atoms with E-state index in [4.69, 9.17) is 11.6 Å². The van der Waals surface area contributed by atoms with Crippen molar-refractivity contribution in [3.05, 3.63) is 101 Å². The van der Waals surface area contributed by atoms with E-state index in [0.717, 1.165) is 41.5 Å². The van der Waals surface area contributed by atoms with Crippen LogP contribution in [0.2, 0.25) is 5.02 Å². The fourth-order valence-electron chi connectivity index (χ4n) is 4.53. The Kier molecular flexibility index (Phi) is 8.23. The number of hydrogen-bond acceptors (Lipinski definition) is 4. The van der Waals surface area contributed by atoms with Gasteiger partial charge < -0.3 is 4.57 Å². The Balaban J connectivity index is 1.56. The van der Waals surface area contributed by atoms with Gasteiger partial charge in [0.15, 0.2) is 0 Å². The maximum absolute atomic E-state index is 13.1. The van der Waals surface area contributed by atoms with Crippen LogP contribution in [0.5, 0.6) is 0 Å². The maximum Gasteiger partial charge on any atom is 0.257 e. The van der Waals surface area contributed by atoms with Crippen molar-refractivity contribution in [3.8, 4) is 5.82 Å². The Morgan fingerprint density at radius 1 is 1.18 bits per heavy atom. The van der Waals surface area contributed by atoms with E-state index in [1.807, 2.05) is 61.1 Å². The molecular formula is C29H31ClN4O3S. The number of rotatable bonds is 10. The number of hydrogen-bond donors (Lipinski definition) is 1. The van der Waals surface area contributed by atoms with Crippen molar-refractivity contribution in [2.24, 2.45) is 7.05 Å². The fraction of sp³-hybridized carbons (Fsp3) is 0.241. The maximum atomic E-state index is 13.1. The molecule has 2 aromatic heterocycles. The molecule has 1 atom stereocenters. The lowest BCUT2D eigenvalue weighted by Gasteiger charge is -2.15. The summed E-state index contributed by atoms with van der Waals surface area (Å²) in [5, 5.41) is 5.05. The van der Waals surface area contributed by atoms with Gasteiger partial charge in [-0.05, 0) is 61.2 Å². The van der Waals surface area contributed by atoms with Gasteiger partial charge in [-0.25, -0.2) is 13.1 Å². The summed E-state index contributed by atoms with van der Waals surface area (Å²) in [5.41, 5.74) is 4.00. The smallest absolute Gasteiger partial charge is 0.257 e. The molecule has 38 heavy (non-hydrogen) atoms. The Morgan fingerprint density at radius 3 is 2.61 bits per heavy atom. The third kappa shape index (κ3) is 5.76. The Morgan fingerprint density at radius 2 is 1.92 bits per heavy atom. The minimum Gasteiger partial charge on any atom is -0.301 e. The zero-order valence-electron chi connectivity index (χ0n) is 21.7. The summed E-state index contributed by atoms with van der Waals surface area (Å²) in [6.07, 6.45) is 9.11. The van der Waals surface area contributed by atoms with Gasteiger partial charge in [0.05, 0.1) is 11.2 Å². The molecule has 9 heteroatoms. The molecule has 0 fully saturated rings. The molecule has 4 aromatic rings. The van der Waals surface area contributed by atoms with Gasteiger partial charge >= 0.3 is 0 Å². The number of fused-ring (bicyclic) bond motifs is 1. The largest absolute Gasteiger partial charge is 0.301 e. The minimum atomic E-state index is -4.06. The Labute approximate surface area is 228 Å². The number of amides is 1. The summed E-state index contributed by atoms with van der Waals surface area (Å²) in [5.74, 6) is -0.0198. The third-order valence-corrected chi connectivity index (χ3v) is 8.29. The minimum absolute atomic E-state index is 0.550. The summed E-state index contributed by atoms with van der Waals surface area (Å²) in [7, 11) is -2.24. The summed E-state index contributed by atoms with van der Waals surface area (Å²) in [4.78, 5) is 12.8. The van der Waals surface area contributed by atoms with Gasteiger partial charge in [-0.2, -0.15) is 5.10 Å². The third-order valence-electron chi connectivity index (χ3n) is 6.44. The summed E-state index contributed by atoms with van der Waals surface area (Å²) >= 11 is 6.14. The molecular weight excluding hydrogens is 520 g/mol. The summed E-state index contributed by atoms with van der Waals surface area (Å²) < 4.78 is 32.0. The van der Waals surface area contributed by atoms with Crippen molar-refractivity contribution >= 4 is 44.5 Å². The van der Waals surface area contributed by atoms with Gasteiger partial charge in [-0.1, -0.05) is 55.3 Å². The molecule has 0 aliphatic carbocycles. The molecule has 2 heterocycles. The van der Waals surface area contributed by atoms with E-state index >= 15 is 0 Å². The number of halogens is 1. The standard InChI is InChI=1S/C29H31ClN4O3S/c1-5-7-8-21-9-11-22(12-10-21)27(6-2)38(36,37)32-28(35)16-14-25-20(3)31-33(4)29(25)34-18-17-23-19-24(30)13-15-26(23)34/h6,9-19,27H,2,5,7-8H2,1,3-4H3,(H,32,35)/b16-14+. The molecule has 1 N–H and O–H groups in total. The Bertz CT molecular complexity index is 1620. The molecule has 2 aromatic carbocycles. The SMILES string of the molecule is C=CC(c1ccc(CCCC)cc1)S(=O)(=O)NC(=O)/C=C/c1c(C)nn(C)c1-n1ccc2cc(Cl)ccc21. The van der Waals surface area contributed by atoms with E-state index in [-0.39, 0.29) is 0 Å². The van der Waals surface area contributed by atoms with E-state index in [2.05, 4.69) is 23.3 Å². The number of nitrogens with one attached hydrogen (secondary N) is 1. The number of aromatic nitrogens is 3. The molecule has 1 unspecified atom stereocenters. The van der Waals surface area contributed by atoms with Crippen molar-refractivity contribution in [3.63, 3.8) is 0 Å². The number of unbranched alkanes of at least 4 members (excludes halogenated alkanes) is 1. The first-order chi connectivity index (χ1) is 18.1. The van der Waals surface area contributed by atoms with Crippen molar-refractivity contribution in [2.75, 3.05) is 0 Å². The number of nitrogens with zero attached hydrogens (tertiary/aromatic N) is 3. The van der Waals surface area contributed by atoms with Gasteiger partial charge in [-0.15, -0.1) is 6.58 Å². The molecule has 0 aliphatic heterocycles. The van der Waals surface area contributed by atoms with Crippen LogP contribution < -0.4 is 4.72 Å². The van der Waals surface area contributed by atoms with Crippen LogP contribution >= 0.6 is 11.6 Å². The lowest BCUT2D eigenvalue weighted by Crippen LogP contribution is -2.32. The highest BCUT2D eigenvalue weighted by atomic mass is 35.5. The molecule has 0 saturated carbocycles. The van der Waals surface area contributed by atoms with Crippen molar-refractivity contribution < 1.29 is 13.2 Å². The van der Waals surface area contributed by atoms with Crippen LogP contribution in [0.25, 0.3) is 22.8 Å².